The summed E-state index contributed by atoms with van der Waals surface area (Å²) in [5.41, 5.74) is 1.02. The van der Waals surface area contributed by atoms with Crippen molar-refractivity contribution in [2.24, 2.45) is 0 Å². The number of piperazine rings is 1. The number of aliphatic carboxylic acids is 1. The summed E-state index contributed by atoms with van der Waals surface area (Å²) < 4.78 is 16.2. The van der Waals surface area contributed by atoms with E-state index in [0.29, 0.717) is 17.2 Å². The topological polar surface area (TPSA) is 71.5 Å². The van der Waals surface area contributed by atoms with Gasteiger partial charge in [-0.25, -0.2) is 0 Å². The number of benzene rings is 1. The maximum atomic E-state index is 10.8. The highest BCUT2D eigenvalue weighted by molar-refractivity contribution is 5.69. The molecule has 0 bridgehead atoms. The maximum absolute atomic E-state index is 10.8. The maximum Gasteiger partial charge on any atom is 0.317 e. The average molecular weight is 324 g/mol. The summed E-state index contributed by atoms with van der Waals surface area (Å²) >= 11 is 0. The predicted molar refractivity (Wildman–Crippen MR) is 85.5 cm³/mol. The quantitative estimate of drug-likeness (QED) is 0.799. The fourth-order valence-electron chi connectivity index (χ4n) is 2.83. The van der Waals surface area contributed by atoms with Gasteiger partial charge in [-0.15, -0.1) is 0 Å². The monoisotopic (exact) mass is 324 g/mol. The van der Waals surface area contributed by atoms with Crippen LogP contribution >= 0.6 is 0 Å². The van der Waals surface area contributed by atoms with Crippen molar-refractivity contribution in [3.63, 3.8) is 0 Å². The third-order valence-electron chi connectivity index (χ3n) is 4.00. The smallest absolute Gasteiger partial charge is 0.317 e. The molecule has 1 N–H and O–H groups in total. The molecule has 0 amide bonds. The Labute approximate surface area is 136 Å². The zero-order chi connectivity index (χ0) is 16.8. The number of carbonyl (C=O) groups is 1. The lowest BCUT2D eigenvalue weighted by molar-refractivity contribution is -0.138. The van der Waals surface area contributed by atoms with Crippen LogP contribution in [0, 0.1) is 0 Å². The number of hydrogen-bond donors (Lipinski definition) is 1. The van der Waals surface area contributed by atoms with Crippen LogP contribution in [0.25, 0.3) is 0 Å². The molecule has 0 aliphatic carbocycles. The molecule has 1 fully saturated rings. The van der Waals surface area contributed by atoms with Gasteiger partial charge in [0.05, 0.1) is 27.9 Å². The van der Waals surface area contributed by atoms with E-state index in [1.165, 1.54) is 0 Å². The minimum absolute atomic E-state index is 0.105. The van der Waals surface area contributed by atoms with Gasteiger partial charge in [-0.1, -0.05) is 6.07 Å². The summed E-state index contributed by atoms with van der Waals surface area (Å²) in [6.07, 6.45) is 0. The zero-order valence-electron chi connectivity index (χ0n) is 13.9. The molecule has 0 saturated carbocycles. The van der Waals surface area contributed by atoms with Crippen LogP contribution in [0.15, 0.2) is 12.1 Å². The molecule has 0 aromatic heterocycles. The molecule has 1 aromatic rings. The van der Waals surface area contributed by atoms with Crippen LogP contribution < -0.4 is 14.2 Å². The van der Waals surface area contributed by atoms with Crippen LogP contribution in [0.1, 0.15) is 5.56 Å². The van der Waals surface area contributed by atoms with Crippen LogP contribution in [0.2, 0.25) is 0 Å². The summed E-state index contributed by atoms with van der Waals surface area (Å²) in [7, 11) is 4.80. The largest absolute Gasteiger partial charge is 0.493 e. The SMILES string of the molecule is COc1ccc(CN2CCN(CC(=O)O)CC2)c(OC)c1OC. The van der Waals surface area contributed by atoms with Crippen molar-refractivity contribution in [1.29, 1.82) is 0 Å². The standard InChI is InChI=1S/C16H24N2O5/c1-21-13-5-4-12(15(22-2)16(13)23-3)10-17-6-8-18(9-7-17)11-14(19)20/h4-5H,6-11H2,1-3H3,(H,19,20). The molecule has 128 valence electrons. The second kappa shape index (κ2) is 8.03. The molecule has 0 spiro atoms. The summed E-state index contributed by atoms with van der Waals surface area (Å²) in [6, 6.07) is 3.85. The fraction of sp³-hybridized carbons (Fsp3) is 0.562. The van der Waals surface area contributed by atoms with Gasteiger partial charge in [0.1, 0.15) is 0 Å². The van der Waals surface area contributed by atoms with Crippen molar-refractivity contribution >= 4 is 5.97 Å². The van der Waals surface area contributed by atoms with Crippen LogP contribution in [-0.4, -0.2) is 74.9 Å². The van der Waals surface area contributed by atoms with Crippen LogP contribution in [0.3, 0.4) is 0 Å². The predicted octanol–water partition coefficient (Wildman–Crippen LogP) is 0.915. The molecule has 0 radical (unpaired) electrons. The number of ether oxygens (including phenoxy) is 3. The number of carboxylic acid groups (broad SMARTS) is 1. The number of carboxylic acids is 1. The van der Waals surface area contributed by atoms with Gasteiger partial charge in [0.2, 0.25) is 5.75 Å². The van der Waals surface area contributed by atoms with Gasteiger partial charge in [0.15, 0.2) is 11.5 Å². The van der Waals surface area contributed by atoms with E-state index >= 15 is 0 Å². The second-order valence-electron chi connectivity index (χ2n) is 5.44. The van der Waals surface area contributed by atoms with Crippen LogP contribution in [0.5, 0.6) is 17.2 Å². The van der Waals surface area contributed by atoms with E-state index in [1.54, 1.807) is 21.3 Å². The molecule has 0 unspecified atom stereocenters. The molecule has 2 rings (SSSR count). The molecule has 1 aliphatic heterocycles. The van der Waals surface area contributed by atoms with Crippen LogP contribution in [-0.2, 0) is 11.3 Å². The number of rotatable bonds is 7. The summed E-state index contributed by atoms with van der Waals surface area (Å²) in [6.45, 7) is 3.98. The van der Waals surface area contributed by atoms with E-state index < -0.39 is 5.97 Å². The summed E-state index contributed by atoms with van der Waals surface area (Å²) in [5.74, 6) is 1.14. The third-order valence-corrected chi connectivity index (χ3v) is 4.00. The van der Waals surface area contributed by atoms with E-state index in [2.05, 4.69) is 4.90 Å². The highest BCUT2D eigenvalue weighted by Gasteiger charge is 2.22. The Morgan fingerprint density at radius 3 is 2.13 bits per heavy atom. The average Bonchev–Trinajstić information content (AvgIpc) is 2.55. The minimum atomic E-state index is -0.778. The first kappa shape index (κ1) is 17.4. The van der Waals surface area contributed by atoms with Crippen molar-refractivity contribution in [1.82, 2.24) is 9.80 Å². The Morgan fingerprint density at radius 2 is 1.61 bits per heavy atom. The molecule has 0 atom stereocenters. The molecular weight excluding hydrogens is 300 g/mol. The molecule has 1 aromatic carbocycles. The molecule has 1 heterocycles. The first-order valence-corrected chi connectivity index (χ1v) is 7.53. The molecular formula is C16H24N2O5. The molecule has 23 heavy (non-hydrogen) atoms. The van der Waals surface area contributed by atoms with E-state index in [9.17, 15) is 4.79 Å². The van der Waals surface area contributed by atoms with E-state index in [0.717, 1.165) is 38.3 Å². The van der Waals surface area contributed by atoms with Crippen molar-refractivity contribution < 1.29 is 24.1 Å². The number of hydrogen-bond acceptors (Lipinski definition) is 6. The Bertz CT molecular complexity index is 542. The lowest BCUT2D eigenvalue weighted by atomic mass is 10.1. The van der Waals surface area contributed by atoms with Crippen molar-refractivity contribution in [3.8, 4) is 17.2 Å². The first-order chi connectivity index (χ1) is 11.1. The fourth-order valence-corrected chi connectivity index (χ4v) is 2.83. The normalized spacial score (nSPS) is 16.1. The molecule has 1 aliphatic rings. The Morgan fingerprint density at radius 1 is 1.00 bits per heavy atom. The van der Waals surface area contributed by atoms with E-state index in [-0.39, 0.29) is 6.54 Å². The van der Waals surface area contributed by atoms with Gasteiger partial charge in [0.25, 0.3) is 0 Å². The number of nitrogens with zero attached hydrogens (tertiary/aromatic N) is 2. The highest BCUT2D eigenvalue weighted by Crippen LogP contribution is 2.40. The minimum Gasteiger partial charge on any atom is -0.493 e. The van der Waals surface area contributed by atoms with Gasteiger partial charge in [0, 0.05) is 38.3 Å². The van der Waals surface area contributed by atoms with Gasteiger partial charge < -0.3 is 19.3 Å². The van der Waals surface area contributed by atoms with Crippen molar-refractivity contribution in [3.05, 3.63) is 17.7 Å². The molecule has 7 heteroatoms. The molecule has 7 nitrogen and oxygen atoms in total. The van der Waals surface area contributed by atoms with Crippen molar-refractivity contribution in [2.45, 2.75) is 6.54 Å². The molecule has 1 saturated heterocycles. The number of methoxy groups -OCH3 is 3. The Kier molecular flexibility index (Phi) is 6.06. The summed E-state index contributed by atoms with van der Waals surface area (Å²) in [5, 5.41) is 8.84. The third kappa shape index (κ3) is 4.27. The van der Waals surface area contributed by atoms with E-state index in [4.69, 9.17) is 19.3 Å². The zero-order valence-corrected chi connectivity index (χ0v) is 13.9. The summed E-state index contributed by atoms with van der Waals surface area (Å²) in [4.78, 5) is 15.0. The van der Waals surface area contributed by atoms with Gasteiger partial charge in [-0.2, -0.15) is 0 Å². The van der Waals surface area contributed by atoms with Crippen LogP contribution in [0.4, 0.5) is 0 Å². The van der Waals surface area contributed by atoms with Gasteiger partial charge in [-0.3, -0.25) is 14.6 Å². The van der Waals surface area contributed by atoms with E-state index in [1.807, 2.05) is 17.0 Å². The van der Waals surface area contributed by atoms with Crippen molar-refractivity contribution in [2.75, 3.05) is 54.1 Å². The Balaban J connectivity index is 2.05. The highest BCUT2D eigenvalue weighted by atomic mass is 16.5. The first-order valence-electron chi connectivity index (χ1n) is 7.53. The van der Waals surface area contributed by atoms with Gasteiger partial charge >= 0.3 is 5.97 Å². The lowest BCUT2D eigenvalue weighted by Crippen LogP contribution is -2.47. The Hall–Kier alpha value is -1.99. The van der Waals surface area contributed by atoms with Gasteiger partial charge in [-0.05, 0) is 6.07 Å². The lowest BCUT2D eigenvalue weighted by Gasteiger charge is -2.34. The second-order valence-corrected chi connectivity index (χ2v) is 5.44.